The monoisotopic (exact) mass is 434 g/mol. The molecule has 0 atom stereocenters. The molecule has 0 radical (unpaired) electrons. The second-order valence-electron chi connectivity index (χ2n) is 5.63. The van der Waals surface area contributed by atoms with Crippen LogP contribution < -0.4 is 4.74 Å². The van der Waals surface area contributed by atoms with E-state index in [1.807, 2.05) is 13.0 Å². The zero-order valence-corrected chi connectivity index (χ0v) is 16.5. The van der Waals surface area contributed by atoms with Crippen molar-refractivity contribution in [1.82, 2.24) is 9.78 Å². The molecule has 0 N–H and O–H groups in total. The Morgan fingerprint density at radius 1 is 1.38 bits per heavy atom. The van der Waals surface area contributed by atoms with Crippen molar-refractivity contribution in [2.75, 3.05) is 0 Å². The molecule has 0 spiro atoms. The van der Waals surface area contributed by atoms with E-state index in [-0.39, 0.29) is 12.4 Å². The maximum atomic E-state index is 12.2. The van der Waals surface area contributed by atoms with Crippen LogP contribution in [0.5, 0.6) is 5.75 Å². The number of ketones is 1. The summed E-state index contributed by atoms with van der Waals surface area (Å²) in [6.07, 6.45) is 4.66. The molecule has 2 aromatic heterocycles. The molecule has 0 aliphatic heterocycles. The van der Waals surface area contributed by atoms with Crippen LogP contribution in [0.2, 0.25) is 5.02 Å². The van der Waals surface area contributed by atoms with E-state index in [9.17, 15) is 4.79 Å². The van der Waals surface area contributed by atoms with Gasteiger partial charge in [0, 0.05) is 17.2 Å². The number of hydrogen-bond acceptors (Lipinski definition) is 4. The molecule has 0 aliphatic carbocycles. The molecule has 0 unspecified atom stereocenters. The predicted molar refractivity (Wildman–Crippen MR) is 104 cm³/mol. The number of aryl methyl sites for hydroxylation is 1. The van der Waals surface area contributed by atoms with Gasteiger partial charge in [0.1, 0.15) is 23.9 Å². The quantitative estimate of drug-likeness (QED) is 0.394. The van der Waals surface area contributed by atoms with E-state index in [0.29, 0.717) is 27.9 Å². The van der Waals surface area contributed by atoms with E-state index in [4.69, 9.17) is 20.8 Å². The Labute approximate surface area is 164 Å². The van der Waals surface area contributed by atoms with Gasteiger partial charge in [-0.2, -0.15) is 5.10 Å². The fourth-order valence-electron chi connectivity index (χ4n) is 2.29. The third-order valence-corrected chi connectivity index (χ3v) is 4.63. The Morgan fingerprint density at radius 2 is 2.19 bits per heavy atom. The third kappa shape index (κ3) is 4.26. The van der Waals surface area contributed by atoms with E-state index in [0.717, 1.165) is 10.2 Å². The van der Waals surface area contributed by atoms with Crippen LogP contribution in [-0.4, -0.2) is 15.6 Å². The average molecular weight is 436 g/mol. The molecule has 26 heavy (non-hydrogen) atoms. The molecule has 0 aliphatic rings. The van der Waals surface area contributed by atoms with Crippen molar-refractivity contribution in [3.05, 3.63) is 74.9 Å². The summed E-state index contributed by atoms with van der Waals surface area (Å²) in [7, 11) is 1.80. The highest BCUT2D eigenvalue weighted by Gasteiger charge is 2.10. The normalized spacial score (nSPS) is 11.2. The molecule has 3 rings (SSSR count). The van der Waals surface area contributed by atoms with Crippen molar-refractivity contribution >= 4 is 39.4 Å². The first-order chi connectivity index (χ1) is 12.4. The van der Waals surface area contributed by atoms with Gasteiger partial charge in [0.2, 0.25) is 0 Å². The van der Waals surface area contributed by atoms with Crippen LogP contribution in [0, 0.1) is 6.92 Å². The Morgan fingerprint density at radius 3 is 2.88 bits per heavy atom. The second-order valence-corrected chi connectivity index (χ2v) is 6.96. The lowest BCUT2D eigenvalue weighted by molar-refractivity contribution is 0.104. The standard InChI is InChI=1S/C19H16BrClN2O3/c1-12-16(10-22-23(12)2)18(24)7-6-14-4-5-15(26-14)11-25-19-8-3-13(20)9-17(19)21/h3-10H,11H2,1-2H3/b7-6+. The van der Waals surface area contributed by atoms with Crippen molar-refractivity contribution in [1.29, 1.82) is 0 Å². The summed E-state index contributed by atoms with van der Waals surface area (Å²) in [5.74, 6) is 1.66. The van der Waals surface area contributed by atoms with Gasteiger partial charge in [0.15, 0.2) is 5.78 Å². The molecular weight excluding hydrogens is 420 g/mol. The van der Waals surface area contributed by atoms with Crippen LogP contribution in [0.15, 0.2) is 51.5 Å². The summed E-state index contributed by atoms with van der Waals surface area (Å²) in [4.78, 5) is 12.2. The van der Waals surface area contributed by atoms with Crippen molar-refractivity contribution < 1.29 is 13.9 Å². The maximum absolute atomic E-state index is 12.2. The van der Waals surface area contributed by atoms with Crippen LogP contribution in [-0.2, 0) is 13.7 Å². The number of nitrogens with zero attached hydrogens (tertiary/aromatic N) is 2. The van der Waals surface area contributed by atoms with E-state index in [1.165, 1.54) is 6.08 Å². The topological polar surface area (TPSA) is 57.3 Å². The Hall–Kier alpha value is -2.31. The number of benzene rings is 1. The molecule has 0 saturated carbocycles. The smallest absolute Gasteiger partial charge is 0.189 e. The van der Waals surface area contributed by atoms with Crippen molar-refractivity contribution in [3.8, 4) is 5.75 Å². The van der Waals surface area contributed by atoms with Gasteiger partial charge in [-0.3, -0.25) is 9.48 Å². The van der Waals surface area contributed by atoms with Crippen LogP contribution in [0.4, 0.5) is 0 Å². The molecule has 0 bridgehead atoms. The number of aromatic nitrogens is 2. The fourth-order valence-corrected chi connectivity index (χ4v) is 3.02. The summed E-state index contributed by atoms with van der Waals surface area (Å²) < 4.78 is 13.9. The highest BCUT2D eigenvalue weighted by molar-refractivity contribution is 9.10. The Kier molecular flexibility index (Phi) is 5.64. The molecule has 0 saturated heterocycles. The van der Waals surface area contributed by atoms with Gasteiger partial charge in [-0.25, -0.2) is 0 Å². The number of ether oxygens (including phenoxy) is 1. The van der Waals surface area contributed by atoms with E-state index < -0.39 is 0 Å². The first-order valence-corrected chi connectivity index (χ1v) is 8.98. The van der Waals surface area contributed by atoms with E-state index in [2.05, 4.69) is 21.0 Å². The van der Waals surface area contributed by atoms with Crippen LogP contribution in [0.25, 0.3) is 6.08 Å². The largest absolute Gasteiger partial charge is 0.484 e. The summed E-state index contributed by atoms with van der Waals surface area (Å²) in [6, 6.07) is 8.97. The van der Waals surface area contributed by atoms with Crippen LogP contribution >= 0.6 is 27.5 Å². The zero-order valence-electron chi connectivity index (χ0n) is 14.2. The lowest BCUT2D eigenvalue weighted by Gasteiger charge is -2.06. The van der Waals surface area contributed by atoms with Gasteiger partial charge in [-0.15, -0.1) is 0 Å². The molecule has 1 aromatic carbocycles. The molecule has 3 aromatic rings. The van der Waals surface area contributed by atoms with Gasteiger partial charge in [0.05, 0.1) is 16.8 Å². The Bertz CT molecular complexity index is 975. The average Bonchev–Trinajstić information content (AvgIpc) is 3.19. The SMILES string of the molecule is Cc1c(C(=O)/C=C/c2ccc(COc3ccc(Br)cc3Cl)o2)cnn1C. The number of halogens is 2. The number of carbonyl (C=O) groups is 1. The first kappa shape index (κ1) is 18.5. The lowest BCUT2D eigenvalue weighted by Crippen LogP contribution is -1.98. The first-order valence-electron chi connectivity index (χ1n) is 7.81. The molecule has 134 valence electrons. The number of furan rings is 1. The van der Waals surface area contributed by atoms with Crippen molar-refractivity contribution in [2.24, 2.45) is 7.05 Å². The third-order valence-electron chi connectivity index (χ3n) is 3.85. The molecule has 7 heteroatoms. The van der Waals surface area contributed by atoms with E-state index >= 15 is 0 Å². The van der Waals surface area contributed by atoms with Gasteiger partial charge < -0.3 is 9.15 Å². The van der Waals surface area contributed by atoms with Gasteiger partial charge in [-0.05, 0) is 49.4 Å². The molecular formula is C19H16BrClN2O3. The summed E-state index contributed by atoms with van der Waals surface area (Å²) in [5.41, 5.74) is 1.39. The summed E-state index contributed by atoms with van der Waals surface area (Å²) in [6.45, 7) is 2.09. The predicted octanol–water partition coefficient (Wildman–Crippen LogP) is 5.21. The lowest BCUT2D eigenvalue weighted by atomic mass is 10.1. The second kappa shape index (κ2) is 7.93. The highest BCUT2D eigenvalue weighted by atomic mass is 79.9. The summed E-state index contributed by atoms with van der Waals surface area (Å²) in [5, 5.41) is 4.59. The number of carbonyl (C=O) groups excluding carboxylic acids is 1. The molecule has 0 amide bonds. The van der Waals surface area contributed by atoms with Gasteiger partial charge in [0.25, 0.3) is 0 Å². The zero-order chi connectivity index (χ0) is 18.7. The molecule has 0 fully saturated rings. The van der Waals surface area contributed by atoms with E-state index in [1.54, 1.807) is 48.3 Å². The van der Waals surface area contributed by atoms with Crippen LogP contribution in [0.1, 0.15) is 27.6 Å². The minimum atomic E-state index is -0.119. The van der Waals surface area contributed by atoms with Crippen molar-refractivity contribution in [3.63, 3.8) is 0 Å². The number of hydrogen-bond donors (Lipinski definition) is 0. The van der Waals surface area contributed by atoms with Gasteiger partial charge >= 0.3 is 0 Å². The molecule has 2 heterocycles. The number of allylic oxidation sites excluding steroid dienone is 1. The number of rotatable bonds is 6. The minimum absolute atomic E-state index is 0.119. The fraction of sp³-hybridized carbons (Fsp3) is 0.158. The maximum Gasteiger partial charge on any atom is 0.189 e. The van der Waals surface area contributed by atoms with Crippen molar-refractivity contribution in [2.45, 2.75) is 13.5 Å². The Balaban J connectivity index is 1.62. The minimum Gasteiger partial charge on any atom is -0.484 e. The van der Waals surface area contributed by atoms with Gasteiger partial charge in [-0.1, -0.05) is 27.5 Å². The molecule has 5 nitrogen and oxygen atoms in total. The highest BCUT2D eigenvalue weighted by Crippen LogP contribution is 2.28. The summed E-state index contributed by atoms with van der Waals surface area (Å²) >= 11 is 9.47. The van der Waals surface area contributed by atoms with Crippen LogP contribution in [0.3, 0.4) is 0 Å².